The topological polar surface area (TPSA) is 56.2 Å². The van der Waals surface area contributed by atoms with Crippen LogP contribution in [0.2, 0.25) is 0 Å². The summed E-state index contributed by atoms with van der Waals surface area (Å²) in [6.07, 6.45) is 6.61. The lowest BCUT2D eigenvalue weighted by atomic mass is 9.73. The number of nitrogens with zero attached hydrogens (tertiary/aromatic N) is 4. The first kappa shape index (κ1) is 28.9. The van der Waals surface area contributed by atoms with Gasteiger partial charge in [-0.15, -0.1) is 17.1 Å². The molecular weight excluding hydrogens is 577 g/mol. The van der Waals surface area contributed by atoms with Crippen molar-refractivity contribution in [2.75, 3.05) is 32.7 Å². The molecule has 2 spiro atoms. The fraction of sp³-hybridized carbons (Fsp3) is 0.474. The number of fused-ring (bicyclic) bond motifs is 1. The van der Waals surface area contributed by atoms with E-state index in [1.54, 1.807) is 0 Å². The molecule has 8 rings (SSSR count). The van der Waals surface area contributed by atoms with Crippen molar-refractivity contribution in [2.45, 2.75) is 71.4 Å². The summed E-state index contributed by atoms with van der Waals surface area (Å²) in [4.78, 5) is 40.4. The lowest BCUT2D eigenvalue weighted by molar-refractivity contribution is -0.133. The van der Waals surface area contributed by atoms with Gasteiger partial charge in [-0.05, 0) is 100 Å². The van der Waals surface area contributed by atoms with Crippen LogP contribution in [0.25, 0.3) is 21.2 Å². The van der Waals surface area contributed by atoms with Crippen molar-refractivity contribution < 1.29 is 9.59 Å². The molecule has 3 fully saturated rings. The third kappa shape index (κ3) is 4.74. The molecule has 1 atom stereocenters. The lowest BCUT2D eigenvalue weighted by Crippen LogP contribution is -2.52. The molecule has 6 nitrogen and oxygen atoms in total. The van der Waals surface area contributed by atoms with Gasteiger partial charge in [-0.2, -0.15) is 0 Å². The van der Waals surface area contributed by atoms with E-state index in [4.69, 9.17) is 4.99 Å². The van der Waals surface area contributed by atoms with Crippen molar-refractivity contribution in [1.29, 1.82) is 0 Å². The van der Waals surface area contributed by atoms with E-state index in [0.29, 0.717) is 18.5 Å². The highest BCUT2D eigenvalue weighted by Crippen LogP contribution is 2.47. The number of carbonyl (C=O) groups excluding carboxylic acids is 2. The van der Waals surface area contributed by atoms with Gasteiger partial charge in [0.05, 0.1) is 6.54 Å². The Morgan fingerprint density at radius 2 is 1.71 bits per heavy atom. The molecule has 4 heterocycles. The first-order chi connectivity index (χ1) is 21.7. The summed E-state index contributed by atoms with van der Waals surface area (Å²) in [5.74, 6) is 1.45. The number of amidine groups is 1. The van der Waals surface area contributed by atoms with Gasteiger partial charge in [0, 0.05) is 64.3 Å². The molecule has 7 heteroatoms. The van der Waals surface area contributed by atoms with Crippen LogP contribution in [0.15, 0.2) is 64.8 Å². The smallest absolute Gasteiger partial charge is 0.256 e. The molecule has 1 aromatic heterocycles. The summed E-state index contributed by atoms with van der Waals surface area (Å²) >= 11 is 1.85. The molecular formula is C38H42N4O2S. The van der Waals surface area contributed by atoms with E-state index in [2.05, 4.69) is 86.9 Å². The first-order valence-electron chi connectivity index (χ1n) is 16.7. The highest BCUT2D eigenvalue weighted by molar-refractivity contribution is 7.19. The van der Waals surface area contributed by atoms with E-state index in [0.717, 1.165) is 80.8 Å². The maximum absolute atomic E-state index is 14.4. The predicted octanol–water partition coefficient (Wildman–Crippen LogP) is 6.74. The number of piperidine rings is 1. The van der Waals surface area contributed by atoms with Gasteiger partial charge in [0.1, 0.15) is 11.4 Å². The fourth-order valence-electron chi connectivity index (χ4n) is 7.81. The lowest BCUT2D eigenvalue weighted by Gasteiger charge is -2.39. The van der Waals surface area contributed by atoms with Crippen LogP contribution in [0.1, 0.15) is 62.0 Å². The second-order valence-electron chi connectivity index (χ2n) is 14.3. The molecule has 232 valence electrons. The van der Waals surface area contributed by atoms with Crippen molar-refractivity contribution >= 4 is 39.1 Å². The minimum atomic E-state index is -0.705. The number of aliphatic imine (C=N–C) groups is 1. The standard InChI is InChI=1S/C38H42N4O2S/c1-24(2)40-19-16-38(17-20-40)36(44)42(22-31-13-14-37(31)15-18-41(23-37)35(43)29-9-10-29)34(39-38)28-7-5-27(6-8-28)30-11-12-33-32(21-30)25(3)26(4)45-33/h5-8,11-12,14,21,24,29H,9-10,15-20,22-23H2,1-4H3. The van der Waals surface area contributed by atoms with Crippen molar-refractivity contribution in [2.24, 2.45) is 16.3 Å². The highest BCUT2D eigenvalue weighted by Gasteiger charge is 2.53. The molecule has 0 N–H and O–H groups in total. The van der Waals surface area contributed by atoms with Gasteiger partial charge in [-0.25, -0.2) is 0 Å². The average Bonchev–Trinajstić information content (AvgIpc) is 3.64. The van der Waals surface area contributed by atoms with Crippen LogP contribution in [-0.4, -0.2) is 76.7 Å². The molecule has 5 aliphatic rings. The molecule has 0 radical (unpaired) electrons. The van der Waals surface area contributed by atoms with Crippen molar-refractivity contribution in [3.8, 4) is 11.1 Å². The summed E-state index contributed by atoms with van der Waals surface area (Å²) in [5.41, 5.74) is 8.44. The normalized spacial score (nSPS) is 24.3. The third-order valence-electron chi connectivity index (χ3n) is 11.2. The van der Waals surface area contributed by atoms with Gasteiger partial charge in [0.2, 0.25) is 5.91 Å². The number of benzene rings is 2. The Balaban J connectivity index is 1.09. The molecule has 0 bridgehead atoms. The minimum absolute atomic E-state index is 0.124. The van der Waals surface area contributed by atoms with Crippen molar-refractivity contribution in [1.82, 2.24) is 14.7 Å². The van der Waals surface area contributed by atoms with E-state index in [-0.39, 0.29) is 17.2 Å². The molecule has 2 aliphatic carbocycles. The molecule has 3 aliphatic heterocycles. The van der Waals surface area contributed by atoms with Gasteiger partial charge < -0.3 is 9.80 Å². The van der Waals surface area contributed by atoms with E-state index in [1.807, 2.05) is 21.1 Å². The molecule has 2 aromatic carbocycles. The molecule has 1 saturated carbocycles. The van der Waals surface area contributed by atoms with Crippen LogP contribution in [0.5, 0.6) is 0 Å². The van der Waals surface area contributed by atoms with Crippen molar-refractivity contribution in [3.05, 3.63) is 75.8 Å². The molecule has 2 amide bonds. The van der Waals surface area contributed by atoms with E-state index in [1.165, 1.54) is 26.1 Å². The van der Waals surface area contributed by atoms with Gasteiger partial charge in [0.25, 0.3) is 5.91 Å². The summed E-state index contributed by atoms with van der Waals surface area (Å²) in [6, 6.07) is 15.8. The van der Waals surface area contributed by atoms with Crippen molar-refractivity contribution in [3.63, 3.8) is 0 Å². The van der Waals surface area contributed by atoms with E-state index < -0.39 is 5.54 Å². The highest BCUT2D eigenvalue weighted by atomic mass is 32.1. The maximum atomic E-state index is 14.4. The zero-order valence-electron chi connectivity index (χ0n) is 26.9. The van der Waals surface area contributed by atoms with Gasteiger partial charge in [-0.3, -0.25) is 19.5 Å². The molecule has 1 unspecified atom stereocenters. The Hall–Kier alpha value is -3.51. The van der Waals surface area contributed by atoms with Crippen LogP contribution >= 0.6 is 11.3 Å². The Labute approximate surface area is 270 Å². The van der Waals surface area contributed by atoms with Gasteiger partial charge >= 0.3 is 0 Å². The molecule has 2 saturated heterocycles. The molecule has 45 heavy (non-hydrogen) atoms. The number of hydrogen-bond donors (Lipinski definition) is 0. The SMILES string of the molecule is Cc1sc2ccc(-c3ccc(C4=NC5(CCN(C(C)C)CC5)C(=O)N4CC4=C=CC45CCN(C(=O)C4CC4)C5)cc3)cc2c1C. The summed E-state index contributed by atoms with van der Waals surface area (Å²) in [6.45, 7) is 12.6. The first-order valence-corrected chi connectivity index (χ1v) is 17.5. The Morgan fingerprint density at radius 3 is 2.38 bits per heavy atom. The Morgan fingerprint density at radius 1 is 1.00 bits per heavy atom. The van der Waals surface area contributed by atoms with Gasteiger partial charge in [0.15, 0.2) is 0 Å². The quantitative estimate of drug-likeness (QED) is 0.288. The van der Waals surface area contributed by atoms with Crippen LogP contribution in [0, 0.1) is 25.2 Å². The molecule has 3 aromatic rings. The summed E-state index contributed by atoms with van der Waals surface area (Å²) < 4.78 is 1.33. The summed E-state index contributed by atoms with van der Waals surface area (Å²) in [7, 11) is 0. The van der Waals surface area contributed by atoms with Gasteiger partial charge in [-0.1, -0.05) is 30.3 Å². The van der Waals surface area contributed by atoms with E-state index in [9.17, 15) is 9.59 Å². The number of carbonyl (C=O) groups is 2. The minimum Gasteiger partial charge on any atom is -0.341 e. The third-order valence-corrected chi connectivity index (χ3v) is 12.4. The summed E-state index contributed by atoms with van der Waals surface area (Å²) in [5, 5.41) is 1.32. The monoisotopic (exact) mass is 618 g/mol. The second-order valence-corrected chi connectivity index (χ2v) is 15.5. The number of amides is 2. The average molecular weight is 619 g/mol. The maximum Gasteiger partial charge on any atom is 0.256 e. The largest absolute Gasteiger partial charge is 0.341 e. The Bertz CT molecular complexity index is 1820. The number of rotatable bonds is 6. The van der Waals surface area contributed by atoms with Crippen LogP contribution in [-0.2, 0) is 9.59 Å². The van der Waals surface area contributed by atoms with Crippen LogP contribution < -0.4 is 0 Å². The second kappa shape index (κ2) is 10.5. The van der Waals surface area contributed by atoms with Crippen LogP contribution in [0.4, 0.5) is 0 Å². The zero-order valence-corrected chi connectivity index (χ0v) is 27.7. The Kier molecular flexibility index (Phi) is 6.76. The number of aryl methyl sites for hydroxylation is 2. The van der Waals surface area contributed by atoms with Crippen LogP contribution in [0.3, 0.4) is 0 Å². The number of likely N-dealkylation sites (tertiary alicyclic amines) is 2. The predicted molar refractivity (Wildman–Crippen MR) is 182 cm³/mol. The number of thiophene rings is 1. The zero-order chi connectivity index (χ0) is 31.1. The van der Waals surface area contributed by atoms with E-state index >= 15 is 0 Å². The number of hydrogen-bond acceptors (Lipinski definition) is 5. The fourth-order valence-corrected chi connectivity index (χ4v) is 8.86.